The molecule has 212 valence electrons. The zero-order chi connectivity index (χ0) is 28.8. The molecule has 0 fully saturated rings. The first kappa shape index (κ1) is 45.0. The van der Waals surface area contributed by atoms with Crippen molar-refractivity contribution in [2.75, 3.05) is 27.4 Å². The van der Waals surface area contributed by atoms with Crippen molar-refractivity contribution in [2.45, 2.75) is 78.4 Å². The predicted molar refractivity (Wildman–Crippen MR) is 139 cm³/mol. The Hall–Kier alpha value is -1.92. The van der Waals surface area contributed by atoms with Gasteiger partial charge in [0.05, 0.1) is 37.4 Å². The van der Waals surface area contributed by atoms with Crippen LogP contribution in [0, 0.1) is 13.8 Å². The molecule has 0 aliphatic carbocycles. The molecule has 0 aliphatic heterocycles. The van der Waals surface area contributed by atoms with Gasteiger partial charge < -0.3 is 38.7 Å². The summed E-state index contributed by atoms with van der Waals surface area (Å²) in [5.74, 6) is -4.24. The van der Waals surface area contributed by atoms with Crippen molar-refractivity contribution in [3.63, 3.8) is 0 Å². The van der Waals surface area contributed by atoms with Crippen molar-refractivity contribution >= 4 is 47.8 Å². The van der Waals surface area contributed by atoms with Gasteiger partial charge in [-0.05, 0) is 26.0 Å². The van der Waals surface area contributed by atoms with Crippen LogP contribution in [0.2, 0.25) is 0 Å². The normalized spacial score (nSPS) is 11.2. The summed E-state index contributed by atoms with van der Waals surface area (Å²) in [5.41, 5.74) is 0. The second-order valence-corrected chi connectivity index (χ2v) is 7.02. The Morgan fingerprint density at radius 2 is 0.973 bits per heavy atom. The van der Waals surface area contributed by atoms with E-state index in [1.165, 1.54) is 12.8 Å². The number of hydrogen-bond acceptors (Lipinski definition) is 10. The number of esters is 2. The van der Waals surface area contributed by atoms with Gasteiger partial charge in [0.1, 0.15) is 0 Å². The maximum atomic E-state index is 10.8. The summed E-state index contributed by atoms with van der Waals surface area (Å²) in [6, 6.07) is 0. The minimum absolute atomic E-state index is 0. The molecule has 0 N–H and O–H groups in total. The second-order valence-electron chi connectivity index (χ2n) is 7.02. The molecular weight excluding hydrogens is 591 g/mol. The molecule has 2 unspecified atom stereocenters. The zero-order valence-electron chi connectivity index (χ0n) is 23.1. The number of methoxy groups -OCH3 is 2. The molecule has 4 radical (unpaired) electrons. The minimum atomic E-state index is -1.42. The van der Waals surface area contributed by atoms with Crippen molar-refractivity contribution < 1.29 is 48.3 Å². The predicted octanol–water partition coefficient (Wildman–Crippen LogP) is 1.38. The first-order valence-corrected chi connectivity index (χ1v) is 11.7. The summed E-state index contributed by atoms with van der Waals surface area (Å²) in [6.45, 7) is 15.5. The van der Waals surface area contributed by atoms with E-state index in [2.05, 4.69) is 37.2 Å². The molecule has 2 atom stereocenters. The summed E-state index contributed by atoms with van der Waals surface area (Å²) < 4.78 is 19.2. The van der Waals surface area contributed by atoms with Gasteiger partial charge in [0.25, 0.3) is 0 Å². The first-order chi connectivity index (χ1) is 16.9. The van der Waals surface area contributed by atoms with E-state index in [4.69, 9.17) is 9.47 Å². The topological polar surface area (TPSA) is 151 Å². The number of unbranched alkanes of at least 4 members (excludes halogenated alkanes) is 2. The molecule has 37 heavy (non-hydrogen) atoms. The summed E-state index contributed by atoms with van der Waals surface area (Å²) in [6.07, 6.45) is 8.59. The Balaban J connectivity index is -0.000000140. The minimum Gasteiger partial charge on any atom is -0.545 e. The van der Waals surface area contributed by atoms with Gasteiger partial charge in [0.2, 0.25) is 0 Å². The number of carboxylic acid groups (broad SMARTS) is 2. The van der Waals surface area contributed by atoms with E-state index in [0.29, 0.717) is 25.0 Å². The van der Waals surface area contributed by atoms with Crippen molar-refractivity contribution in [3.8, 4) is 0 Å². The van der Waals surface area contributed by atoms with E-state index in [1.54, 1.807) is 14.2 Å². The quantitative estimate of drug-likeness (QED) is 0.156. The molecule has 0 aliphatic rings. The van der Waals surface area contributed by atoms with Crippen LogP contribution < -0.4 is 10.2 Å². The summed E-state index contributed by atoms with van der Waals surface area (Å²) in [5, 5.41) is 19.8. The van der Waals surface area contributed by atoms with E-state index in [1.807, 2.05) is 13.8 Å². The van der Waals surface area contributed by atoms with Crippen molar-refractivity contribution in [1.82, 2.24) is 0 Å². The van der Waals surface area contributed by atoms with Crippen LogP contribution in [0.5, 0.6) is 0 Å². The molecule has 0 aromatic heterocycles. The van der Waals surface area contributed by atoms with E-state index in [0.717, 1.165) is 25.0 Å². The van der Waals surface area contributed by atoms with Gasteiger partial charge in [-0.15, -0.1) is 0 Å². The van der Waals surface area contributed by atoms with Crippen molar-refractivity contribution in [2.24, 2.45) is 0 Å². The first-order valence-electron chi connectivity index (χ1n) is 11.7. The summed E-state index contributed by atoms with van der Waals surface area (Å²) in [4.78, 5) is 41.4. The molecule has 0 spiro atoms. The molecule has 0 aromatic carbocycles. The standard InChI is InChI=1S/2C9H14O5.2C4H9.Sn/c2*1-7(13-2)5-6-14-9(12)4-3-8(10)11;2*1-3-4-2;/h2*3-4,7H,5-6H2,1-2H3,(H,10,11);2*1,3-4H2,2H3;/q;;;;+2/p-2/b2*4-3+;;;. The fourth-order valence-corrected chi connectivity index (χ4v) is 1.26. The molecule has 10 nitrogen and oxygen atoms in total. The van der Waals surface area contributed by atoms with Crippen LogP contribution in [-0.2, 0) is 38.1 Å². The van der Waals surface area contributed by atoms with Crippen LogP contribution in [0.3, 0.4) is 0 Å². The SMILES string of the molecule is COC(C)CCOC(=O)/C=C/C(=O)[O-].COC(C)CCOC(=O)/C=C/C(=O)[O-].[CH2]CCC.[CH2]CCC.[Sn+2]. The molecule has 0 amide bonds. The van der Waals surface area contributed by atoms with Crippen LogP contribution in [0.25, 0.3) is 0 Å². The van der Waals surface area contributed by atoms with Gasteiger partial charge in [0.15, 0.2) is 0 Å². The fourth-order valence-electron chi connectivity index (χ4n) is 1.26. The molecule has 0 bridgehead atoms. The van der Waals surface area contributed by atoms with Crippen LogP contribution in [0.4, 0.5) is 0 Å². The Kier molecular flexibility index (Phi) is 44.1. The number of hydrogen-bond donors (Lipinski definition) is 0. The summed E-state index contributed by atoms with van der Waals surface area (Å²) in [7, 11) is 3.12. The number of carbonyl (C=O) groups excluding carboxylic acids is 4. The Labute approximate surface area is 239 Å². The van der Waals surface area contributed by atoms with E-state index < -0.39 is 23.9 Å². The van der Waals surface area contributed by atoms with E-state index in [9.17, 15) is 29.4 Å². The van der Waals surface area contributed by atoms with Gasteiger partial charge in [-0.25, -0.2) is 9.59 Å². The van der Waals surface area contributed by atoms with Gasteiger partial charge in [-0.3, -0.25) is 0 Å². The van der Waals surface area contributed by atoms with Crippen LogP contribution >= 0.6 is 0 Å². The third-order valence-corrected chi connectivity index (χ3v) is 3.76. The molecule has 0 saturated carbocycles. The van der Waals surface area contributed by atoms with E-state index in [-0.39, 0.29) is 49.3 Å². The summed E-state index contributed by atoms with van der Waals surface area (Å²) >= 11 is 0. The zero-order valence-corrected chi connectivity index (χ0v) is 26.0. The number of ether oxygens (including phenoxy) is 4. The average Bonchev–Trinajstić information content (AvgIpc) is 2.86. The third-order valence-electron chi connectivity index (χ3n) is 3.76. The molecular formula is C26H44O10Sn. The Bertz CT molecular complexity index is 550. The third kappa shape index (κ3) is 51.6. The van der Waals surface area contributed by atoms with Crippen LogP contribution in [0.1, 0.15) is 66.2 Å². The largest absolute Gasteiger partial charge is 2.00 e. The Morgan fingerprint density at radius 1 is 0.703 bits per heavy atom. The number of carboxylic acids is 2. The maximum Gasteiger partial charge on any atom is 2.00 e. The number of rotatable bonds is 14. The van der Waals surface area contributed by atoms with Gasteiger partial charge in [-0.1, -0.05) is 53.4 Å². The smallest absolute Gasteiger partial charge is 0.545 e. The number of aliphatic carboxylic acids is 2. The average molecular weight is 635 g/mol. The fraction of sp³-hybridized carbons (Fsp3) is 0.615. The monoisotopic (exact) mass is 636 g/mol. The van der Waals surface area contributed by atoms with Crippen LogP contribution in [0.15, 0.2) is 24.3 Å². The molecule has 0 heterocycles. The second kappa shape index (κ2) is 36.2. The van der Waals surface area contributed by atoms with Crippen molar-refractivity contribution in [1.29, 1.82) is 0 Å². The van der Waals surface area contributed by atoms with Gasteiger partial charge in [0, 0.05) is 39.2 Å². The molecule has 0 aromatic rings. The molecule has 0 rings (SSSR count). The van der Waals surface area contributed by atoms with Gasteiger partial charge in [-0.2, -0.15) is 0 Å². The molecule has 0 saturated heterocycles. The number of carbonyl (C=O) groups is 4. The Morgan fingerprint density at radius 3 is 1.16 bits per heavy atom. The van der Waals surface area contributed by atoms with Crippen molar-refractivity contribution in [3.05, 3.63) is 38.2 Å². The van der Waals surface area contributed by atoms with E-state index >= 15 is 0 Å². The van der Waals surface area contributed by atoms with Crippen LogP contribution in [-0.4, -0.2) is 87.4 Å². The maximum absolute atomic E-state index is 10.8. The van der Waals surface area contributed by atoms with Gasteiger partial charge >= 0.3 is 35.8 Å². The molecule has 11 heteroatoms.